The molecule has 2 heterocycles. The summed E-state index contributed by atoms with van der Waals surface area (Å²) < 4.78 is 7.45. The predicted octanol–water partition coefficient (Wildman–Crippen LogP) is 2.18. The van der Waals surface area contributed by atoms with Gasteiger partial charge in [-0.1, -0.05) is 20.4 Å². The van der Waals surface area contributed by atoms with Gasteiger partial charge in [-0.05, 0) is 99.6 Å². The van der Waals surface area contributed by atoms with Crippen LogP contribution in [-0.2, 0) is 9.53 Å². The number of ether oxygens (including phenoxy) is 1. The Morgan fingerprint density at radius 2 is 1.76 bits per heavy atom. The third kappa shape index (κ3) is 4.47. The van der Waals surface area contributed by atoms with Crippen molar-refractivity contribution in [3.63, 3.8) is 0 Å². The molecular weight excluding hydrogens is 540 g/mol. The van der Waals surface area contributed by atoms with Crippen molar-refractivity contribution in [2.24, 2.45) is 34.5 Å². The predicted molar refractivity (Wildman–Crippen MR) is 147 cm³/mol. The molecule has 0 spiro atoms. The van der Waals surface area contributed by atoms with Crippen LogP contribution in [0.5, 0.6) is 0 Å². The SMILES string of the molecule is C=CC[N+]1(C2C[C@H]3[C@@H]4CCC5CC(O)C(N6CCCC6)C[C@]5(C)[C@@H]4CC[C@]3(C)C2OC(C)=O)CCCC1.[Br-]. The Labute approximate surface area is 242 Å². The smallest absolute Gasteiger partial charge is 0.303 e. The summed E-state index contributed by atoms with van der Waals surface area (Å²) in [7, 11) is 0. The molecule has 0 aromatic rings. The zero-order chi connectivity index (χ0) is 26.0. The van der Waals surface area contributed by atoms with E-state index in [1.165, 1.54) is 90.4 Å². The molecule has 0 aromatic heterocycles. The topological polar surface area (TPSA) is 49.8 Å². The van der Waals surface area contributed by atoms with Gasteiger partial charge in [-0.25, -0.2) is 0 Å². The molecule has 10 atom stereocenters. The quantitative estimate of drug-likeness (QED) is 0.302. The first-order valence-electron chi connectivity index (χ1n) is 15.8. The van der Waals surface area contributed by atoms with Gasteiger partial charge in [0.15, 0.2) is 6.10 Å². The first-order valence-corrected chi connectivity index (χ1v) is 15.8. The van der Waals surface area contributed by atoms with Crippen LogP contribution in [-0.4, -0.2) is 77.5 Å². The summed E-state index contributed by atoms with van der Waals surface area (Å²) in [6, 6.07) is 0.765. The molecular formula is C32H53BrN2O3. The maximum Gasteiger partial charge on any atom is 0.303 e. The molecule has 0 radical (unpaired) electrons. The molecule has 2 saturated heterocycles. The Morgan fingerprint density at radius 3 is 2.42 bits per heavy atom. The molecule has 6 aliphatic rings. The largest absolute Gasteiger partial charge is 1.00 e. The summed E-state index contributed by atoms with van der Waals surface area (Å²) in [6.45, 7) is 16.7. The van der Waals surface area contributed by atoms with Gasteiger partial charge in [0.25, 0.3) is 0 Å². The van der Waals surface area contributed by atoms with E-state index in [-0.39, 0.29) is 40.6 Å². The molecule has 1 N–H and O–H groups in total. The summed E-state index contributed by atoms with van der Waals surface area (Å²) >= 11 is 0. The Bertz CT molecular complexity index is 886. The minimum Gasteiger partial charge on any atom is -1.00 e. The fourth-order valence-corrected chi connectivity index (χ4v) is 11.5. The molecule has 38 heavy (non-hydrogen) atoms. The van der Waals surface area contributed by atoms with E-state index in [0.717, 1.165) is 29.3 Å². The van der Waals surface area contributed by atoms with Gasteiger partial charge >= 0.3 is 5.97 Å². The first kappa shape index (κ1) is 29.1. The molecule has 6 fully saturated rings. The number of hydrogen-bond acceptors (Lipinski definition) is 4. The van der Waals surface area contributed by atoms with Crippen LogP contribution >= 0.6 is 0 Å². The summed E-state index contributed by atoms with van der Waals surface area (Å²) in [5.41, 5.74) is 0.408. The standard InChI is InChI=1S/C32H53N2O3.BrH/c1-5-16-34(17-8-9-18-34)28-20-26-24-11-10-23-19-29(36)27(33-14-6-7-15-33)21-32(23,4)25(24)12-13-31(26,3)30(28)37-22(2)35;/h5,23-30,36H,1,6-21H2,2-4H3;1H/q+1;/p-1/t23?,24-,25-,26+,27?,28?,29?,30?,31+,32+;/m1./s1. The second-order valence-corrected chi connectivity index (χ2v) is 14.7. The van der Waals surface area contributed by atoms with Crippen LogP contribution in [0.15, 0.2) is 12.7 Å². The van der Waals surface area contributed by atoms with Gasteiger partial charge < -0.3 is 31.3 Å². The Kier molecular flexibility index (Phi) is 8.23. The molecule has 0 amide bonds. The van der Waals surface area contributed by atoms with Crippen LogP contribution in [0, 0.1) is 34.5 Å². The highest BCUT2D eigenvalue weighted by atomic mass is 79.9. The number of carbonyl (C=O) groups excluding carboxylic acids is 1. The van der Waals surface area contributed by atoms with Gasteiger partial charge in [0, 0.05) is 37.6 Å². The number of fused-ring (bicyclic) bond motifs is 5. The van der Waals surface area contributed by atoms with Gasteiger partial charge in [-0.2, -0.15) is 0 Å². The van der Waals surface area contributed by atoms with E-state index in [2.05, 4.69) is 31.4 Å². The number of quaternary nitrogens is 1. The fourth-order valence-electron chi connectivity index (χ4n) is 11.5. The third-order valence-electron chi connectivity index (χ3n) is 13.2. The second kappa shape index (κ2) is 10.8. The van der Waals surface area contributed by atoms with Gasteiger partial charge in [0.05, 0.1) is 25.7 Å². The summed E-state index contributed by atoms with van der Waals surface area (Å²) in [5.74, 6) is 2.66. The monoisotopic (exact) mass is 592 g/mol. The average Bonchev–Trinajstić information content (AvgIpc) is 3.60. The number of carbonyl (C=O) groups is 1. The molecule has 6 rings (SSSR count). The van der Waals surface area contributed by atoms with E-state index < -0.39 is 0 Å². The summed E-state index contributed by atoms with van der Waals surface area (Å²) in [6.07, 6.45) is 15.6. The van der Waals surface area contributed by atoms with Crippen molar-refractivity contribution in [3.05, 3.63) is 12.7 Å². The number of esters is 1. The highest BCUT2D eigenvalue weighted by Gasteiger charge is 2.67. The third-order valence-corrected chi connectivity index (χ3v) is 13.2. The number of nitrogens with zero attached hydrogens (tertiary/aromatic N) is 2. The summed E-state index contributed by atoms with van der Waals surface area (Å²) in [5, 5.41) is 11.2. The van der Waals surface area contributed by atoms with Crippen LogP contribution in [0.25, 0.3) is 0 Å². The van der Waals surface area contributed by atoms with Crippen molar-refractivity contribution < 1.29 is 36.1 Å². The average molecular weight is 594 g/mol. The number of halogens is 1. The maximum atomic E-state index is 12.5. The van der Waals surface area contributed by atoms with Crippen molar-refractivity contribution in [1.82, 2.24) is 4.90 Å². The highest BCUT2D eigenvalue weighted by molar-refractivity contribution is 5.66. The van der Waals surface area contributed by atoms with Crippen LogP contribution in [0.4, 0.5) is 0 Å². The number of rotatable bonds is 5. The Balaban J connectivity index is 0.00000294. The van der Waals surface area contributed by atoms with Gasteiger partial charge in [-0.15, -0.1) is 0 Å². The Hall–Kier alpha value is -0.430. The van der Waals surface area contributed by atoms with Crippen LogP contribution in [0.3, 0.4) is 0 Å². The van der Waals surface area contributed by atoms with Crippen molar-refractivity contribution >= 4 is 5.97 Å². The van der Waals surface area contributed by atoms with E-state index in [9.17, 15) is 9.90 Å². The normalized spacial score (nSPS) is 47.9. The molecule has 5 nitrogen and oxygen atoms in total. The minimum atomic E-state index is -0.149. The van der Waals surface area contributed by atoms with Crippen molar-refractivity contribution in [1.29, 1.82) is 0 Å². The van der Waals surface area contributed by atoms with Crippen LogP contribution in [0.2, 0.25) is 0 Å². The molecule has 0 bridgehead atoms. The molecule has 5 unspecified atom stereocenters. The van der Waals surface area contributed by atoms with Crippen LogP contribution < -0.4 is 17.0 Å². The van der Waals surface area contributed by atoms with Crippen LogP contribution in [0.1, 0.15) is 91.4 Å². The fraction of sp³-hybridized carbons (Fsp3) is 0.906. The van der Waals surface area contributed by atoms with E-state index in [4.69, 9.17) is 4.74 Å². The lowest BCUT2D eigenvalue weighted by molar-refractivity contribution is -0.937. The molecule has 0 aromatic carbocycles. The van der Waals surface area contributed by atoms with E-state index in [0.29, 0.717) is 29.3 Å². The highest BCUT2D eigenvalue weighted by Crippen LogP contribution is 2.67. The zero-order valence-corrected chi connectivity index (χ0v) is 25.8. The van der Waals surface area contributed by atoms with Gasteiger partial charge in [0.1, 0.15) is 6.04 Å². The van der Waals surface area contributed by atoms with Gasteiger partial charge in [0.2, 0.25) is 0 Å². The number of hydrogen-bond donors (Lipinski definition) is 1. The lowest BCUT2D eigenvalue weighted by Gasteiger charge is -2.62. The lowest BCUT2D eigenvalue weighted by atomic mass is 9.44. The van der Waals surface area contributed by atoms with Crippen molar-refractivity contribution in [3.8, 4) is 0 Å². The van der Waals surface area contributed by atoms with Crippen molar-refractivity contribution in [2.75, 3.05) is 32.7 Å². The molecule has 216 valence electrons. The van der Waals surface area contributed by atoms with Gasteiger partial charge in [-0.3, -0.25) is 9.69 Å². The maximum absolute atomic E-state index is 12.5. The van der Waals surface area contributed by atoms with E-state index in [1.54, 1.807) is 6.92 Å². The number of likely N-dealkylation sites (tertiary alicyclic amines) is 2. The lowest BCUT2D eigenvalue weighted by Crippen LogP contribution is -3.00. The summed E-state index contributed by atoms with van der Waals surface area (Å²) in [4.78, 5) is 15.1. The Morgan fingerprint density at radius 1 is 1.05 bits per heavy atom. The van der Waals surface area contributed by atoms with E-state index >= 15 is 0 Å². The van der Waals surface area contributed by atoms with E-state index in [1.807, 2.05) is 0 Å². The zero-order valence-electron chi connectivity index (χ0n) is 24.3. The molecule has 4 aliphatic carbocycles. The number of aliphatic hydroxyl groups excluding tert-OH is 1. The number of aliphatic hydroxyl groups is 1. The molecule has 4 saturated carbocycles. The van der Waals surface area contributed by atoms with Crippen molar-refractivity contribution in [2.45, 2.75) is 116 Å². The molecule has 6 heteroatoms. The first-order chi connectivity index (χ1) is 17.7. The second-order valence-electron chi connectivity index (χ2n) is 14.7. The molecule has 2 aliphatic heterocycles. The minimum absolute atomic E-state index is 0.